The highest BCUT2D eigenvalue weighted by molar-refractivity contribution is 5.99. The third-order valence-corrected chi connectivity index (χ3v) is 5.84. The maximum Gasteiger partial charge on any atom is 0.259 e. The Morgan fingerprint density at radius 1 is 0.886 bits per heavy atom. The number of carbonyl (C=O) groups excluding carboxylic acids is 1. The quantitative estimate of drug-likeness (QED) is 0.364. The Hall–Kier alpha value is -4.27. The fourth-order valence-electron chi connectivity index (χ4n) is 3.90. The lowest BCUT2D eigenvalue weighted by atomic mass is 10.1. The van der Waals surface area contributed by atoms with Gasteiger partial charge in [-0.05, 0) is 48.4 Å². The number of amides is 1. The zero-order chi connectivity index (χ0) is 24.9. The first-order chi connectivity index (χ1) is 17.0. The van der Waals surface area contributed by atoms with Gasteiger partial charge in [0.15, 0.2) is 28.6 Å². The summed E-state index contributed by atoms with van der Waals surface area (Å²) < 4.78 is 23.1. The van der Waals surface area contributed by atoms with Crippen LogP contribution in [0.4, 0.5) is 0 Å². The number of aromatic nitrogens is 3. The van der Waals surface area contributed by atoms with Gasteiger partial charge in [-0.2, -0.15) is 5.10 Å². The van der Waals surface area contributed by atoms with E-state index in [1.807, 2.05) is 42.5 Å². The van der Waals surface area contributed by atoms with E-state index in [4.69, 9.17) is 18.9 Å². The normalized spacial score (nSPS) is 10.8. The van der Waals surface area contributed by atoms with Gasteiger partial charge in [0.2, 0.25) is 0 Å². The van der Waals surface area contributed by atoms with Crippen LogP contribution in [-0.2, 0) is 6.42 Å². The van der Waals surface area contributed by atoms with Crippen molar-refractivity contribution in [2.45, 2.75) is 6.42 Å². The monoisotopic (exact) mass is 476 g/mol. The SMILES string of the molecule is COc1ccc(CCN(C)C(=O)c2cnn3c(-c4ccc(OC)c(OC)c4)ccnc23)cc1OC. The molecular formula is C26H28N4O5. The molecule has 9 heteroatoms. The lowest BCUT2D eigenvalue weighted by molar-refractivity contribution is 0.0798. The summed E-state index contributed by atoms with van der Waals surface area (Å²) in [4.78, 5) is 19.3. The van der Waals surface area contributed by atoms with Crippen LogP contribution in [0.1, 0.15) is 15.9 Å². The van der Waals surface area contributed by atoms with Crippen LogP contribution in [0.25, 0.3) is 16.9 Å². The van der Waals surface area contributed by atoms with Gasteiger partial charge in [0.05, 0.1) is 40.3 Å². The molecule has 182 valence electrons. The molecule has 2 heterocycles. The molecule has 35 heavy (non-hydrogen) atoms. The summed E-state index contributed by atoms with van der Waals surface area (Å²) in [6.45, 7) is 0.515. The Morgan fingerprint density at radius 2 is 1.54 bits per heavy atom. The van der Waals surface area contributed by atoms with Gasteiger partial charge in [-0.25, -0.2) is 9.50 Å². The van der Waals surface area contributed by atoms with Gasteiger partial charge < -0.3 is 23.8 Å². The summed E-state index contributed by atoms with van der Waals surface area (Å²) in [6.07, 6.45) is 3.89. The molecule has 0 aliphatic rings. The number of nitrogens with zero attached hydrogens (tertiary/aromatic N) is 4. The largest absolute Gasteiger partial charge is 0.493 e. The Bertz CT molecular complexity index is 1350. The molecule has 2 aromatic carbocycles. The number of carbonyl (C=O) groups is 1. The number of hydrogen-bond donors (Lipinski definition) is 0. The van der Waals surface area contributed by atoms with Crippen LogP contribution in [-0.4, -0.2) is 67.4 Å². The predicted octanol–water partition coefficient (Wildman–Crippen LogP) is 3.75. The molecule has 0 N–H and O–H groups in total. The molecule has 0 aliphatic carbocycles. The molecule has 0 fully saturated rings. The van der Waals surface area contributed by atoms with Crippen LogP contribution in [0.2, 0.25) is 0 Å². The predicted molar refractivity (Wildman–Crippen MR) is 132 cm³/mol. The first kappa shape index (κ1) is 23.9. The standard InChI is InChI=1S/C26H28N4O5/c1-29(13-11-17-6-8-21(32-2)23(14-17)34-4)26(31)19-16-28-30-20(10-12-27-25(19)30)18-7-9-22(33-3)24(15-18)35-5/h6-10,12,14-16H,11,13H2,1-5H3. The zero-order valence-electron chi connectivity index (χ0n) is 20.4. The van der Waals surface area contributed by atoms with E-state index in [1.54, 1.807) is 57.3 Å². The number of likely N-dealkylation sites (N-methyl/N-ethyl adjacent to an activating group) is 1. The topological polar surface area (TPSA) is 87.4 Å². The van der Waals surface area contributed by atoms with Crippen LogP contribution < -0.4 is 18.9 Å². The van der Waals surface area contributed by atoms with Gasteiger partial charge in [0.1, 0.15) is 5.56 Å². The smallest absolute Gasteiger partial charge is 0.259 e. The van der Waals surface area contributed by atoms with E-state index in [-0.39, 0.29) is 5.91 Å². The van der Waals surface area contributed by atoms with Gasteiger partial charge in [0.25, 0.3) is 5.91 Å². The van der Waals surface area contributed by atoms with Crippen molar-refractivity contribution in [3.8, 4) is 34.3 Å². The molecule has 0 atom stereocenters. The third-order valence-electron chi connectivity index (χ3n) is 5.84. The molecular weight excluding hydrogens is 448 g/mol. The van der Waals surface area contributed by atoms with E-state index < -0.39 is 0 Å². The minimum absolute atomic E-state index is 0.155. The average molecular weight is 477 g/mol. The second-order valence-corrected chi connectivity index (χ2v) is 7.86. The molecule has 4 aromatic rings. The van der Waals surface area contributed by atoms with E-state index in [2.05, 4.69) is 10.1 Å². The van der Waals surface area contributed by atoms with E-state index >= 15 is 0 Å². The molecule has 0 saturated heterocycles. The van der Waals surface area contributed by atoms with E-state index in [1.165, 1.54) is 0 Å². The summed E-state index contributed by atoms with van der Waals surface area (Å²) >= 11 is 0. The lowest BCUT2D eigenvalue weighted by Gasteiger charge is -2.17. The molecule has 4 rings (SSSR count). The van der Waals surface area contributed by atoms with Crippen molar-refractivity contribution in [1.82, 2.24) is 19.5 Å². The molecule has 9 nitrogen and oxygen atoms in total. The van der Waals surface area contributed by atoms with Crippen LogP contribution in [0.3, 0.4) is 0 Å². The Kier molecular flexibility index (Phi) is 7.05. The van der Waals surface area contributed by atoms with Crippen LogP contribution >= 0.6 is 0 Å². The van der Waals surface area contributed by atoms with Crippen molar-refractivity contribution < 1.29 is 23.7 Å². The number of fused-ring (bicyclic) bond motifs is 1. The number of hydrogen-bond acceptors (Lipinski definition) is 7. The molecule has 1 amide bonds. The first-order valence-corrected chi connectivity index (χ1v) is 11.0. The zero-order valence-corrected chi connectivity index (χ0v) is 20.4. The minimum atomic E-state index is -0.155. The Labute approximate surface area is 203 Å². The number of rotatable bonds is 9. The maximum atomic E-state index is 13.2. The van der Waals surface area contributed by atoms with E-state index in [0.29, 0.717) is 47.2 Å². The van der Waals surface area contributed by atoms with Gasteiger partial charge in [-0.3, -0.25) is 4.79 Å². The number of benzene rings is 2. The second kappa shape index (κ2) is 10.3. The highest BCUT2D eigenvalue weighted by Crippen LogP contribution is 2.32. The van der Waals surface area contributed by atoms with Crippen LogP contribution in [0.15, 0.2) is 54.9 Å². The van der Waals surface area contributed by atoms with E-state index in [0.717, 1.165) is 16.8 Å². The van der Waals surface area contributed by atoms with Crippen molar-refractivity contribution in [2.75, 3.05) is 42.0 Å². The molecule has 0 unspecified atom stereocenters. The highest BCUT2D eigenvalue weighted by Gasteiger charge is 2.20. The fourth-order valence-corrected chi connectivity index (χ4v) is 3.90. The molecule has 0 bridgehead atoms. The summed E-state index contributed by atoms with van der Waals surface area (Å²) in [6, 6.07) is 13.2. The highest BCUT2D eigenvalue weighted by atomic mass is 16.5. The van der Waals surface area contributed by atoms with Gasteiger partial charge >= 0.3 is 0 Å². The number of ether oxygens (including phenoxy) is 4. The summed E-state index contributed by atoms with van der Waals surface area (Å²) in [5.74, 6) is 2.41. The fraction of sp³-hybridized carbons (Fsp3) is 0.269. The van der Waals surface area contributed by atoms with E-state index in [9.17, 15) is 4.79 Å². The van der Waals surface area contributed by atoms with Crippen molar-refractivity contribution in [3.05, 3.63) is 66.0 Å². The molecule has 2 aromatic heterocycles. The van der Waals surface area contributed by atoms with Crippen molar-refractivity contribution in [2.24, 2.45) is 0 Å². The summed E-state index contributed by atoms with van der Waals surface area (Å²) in [5, 5.41) is 4.46. The molecule has 0 saturated carbocycles. The Balaban J connectivity index is 1.56. The maximum absolute atomic E-state index is 13.2. The van der Waals surface area contributed by atoms with Gasteiger partial charge in [-0.15, -0.1) is 0 Å². The molecule has 0 aliphatic heterocycles. The van der Waals surface area contributed by atoms with Gasteiger partial charge in [0, 0.05) is 25.4 Å². The van der Waals surface area contributed by atoms with Crippen molar-refractivity contribution in [1.29, 1.82) is 0 Å². The first-order valence-electron chi connectivity index (χ1n) is 11.0. The van der Waals surface area contributed by atoms with Crippen LogP contribution in [0.5, 0.6) is 23.0 Å². The van der Waals surface area contributed by atoms with Gasteiger partial charge in [-0.1, -0.05) is 6.07 Å². The summed E-state index contributed by atoms with van der Waals surface area (Å²) in [7, 11) is 8.16. The average Bonchev–Trinajstić information content (AvgIpc) is 3.34. The Morgan fingerprint density at radius 3 is 2.23 bits per heavy atom. The van der Waals surface area contributed by atoms with Crippen LogP contribution in [0, 0.1) is 0 Å². The second-order valence-electron chi connectivity index (χ2n) is 7.86. The minimum Gasteiger partial charge on any atom is -0.493 e. The molecule has 0 radical (unpaired) electrons. The lowest BCUT2D eigenvalue weighted by Crippen LogP contribution is -2.28. The third kappa shape index (κ3) is 4.70. The van der Waals surface area contributed by atoms with Crippen molar-refractivity contribution in [3.63, 3.8) is 0 Å². The van der Waals surface area contributed by atoms with Crippen molar-refractivity contribution >= 4 is 11.6 Å². The summed E-state index contributed by atoms with van der Waals surface area (Å²) in [5.41, 5.74) is 3.60. The number of methoxy groups -OCH3 is 4. The molecule has 0 spiro atoms.